The van der Waals surface area contributed by atoms with Crippen LogP contribution in [0.3, 0.4) is 0 Å². The predicted molar refractivity (Wildman–Crippen MR) is 77.3 cm³/mol. The Morgan fingerprint density at radius 2 is 1.85 bits per heavy atom. The summed E-state index contributed by atoms with van der Waals surface area (Å²) in [7, 11) is 0. The van der Waals surface area contributed by atoms with Crippen molar-refractivity contribution in [3.8, 4) is 10.6 Å². The van der Waals surface area contributed by atoms with E-state index < -0.39 is 0 Å². The van der Waals surface area contributed by atoms with E-state index in [0.29, 0.717) is 4.88 Å². The normalized spacial score (nSPS) is 15.3. The maximum Gasteiger partial charge on any atom is 0.265 e. The molecule has 0 saturated carbocycles. The average Bonchev–Trinajstić information content (AvgIpc) is 2.98. The molecule has 1 aliphatic rings. The molecule has 5 heteroatoms. The van der Waals surface area contributed by atoms with Gasteiger partial charge < -0.3 is 4.90 Å². The highest BCUT2D eigenvalue weighted by molar-refractivity contribution is 7.16. The van der Waals surface area contributed by atoms with Crippen LogP contribution in [0.15, 0.2) is 30.5 Å². The summed E-state index contributed by atoms with van der Waals surface area (Å²) < 4.78 is 12.9. The highest BCUT2D eigenvalue weighted by Gasteiger charge is 2.20. The van der Waals surface area contributed by atoms with Crippen molar-refractivity contribution in [2.24, 2.45) is 0 Å². The fourth-order valence-corrected chi connectivity index (χ4v) is 3.24. The van der Waals surface area contributed by atoms with E-state index in [1.54, 1.807) is 18.3 Å². The molecule has 0 atom stereocenters. The minimum absolute atomic E-state index is 0.0653. The van der Waals surface area contributed by atoms with Crippen molar-refractivity contribution in [2.45, 2.75) is 19.3 Å². The molecule has 3 nitrogen and oxygen atoms in total. The third kappa shape index (κ3) is 2.72. The predicted octanol–water partition coefficient (Wildman–Crippen LogP) is 3.58. The average molecular weight is 290 g/mol. The maximum absolute atomic E-state index is 12.9. The zero-order valence-electron chi connectivity index (χ0n) is 11.0. The molecule has 1 amide bonds. The lowest BCUT2D eigenvalue weighted by Gasteiger charge is -2.25. The van der Waals surface area contributed by atoms with Gasteiger partial charge in [-0.05, 0) is 43.5 Å². The van der Waals surface area contributed by atoms with E-state index in [2.05, 4.69) is 4.98 Å². The number of likely N-dealkylation sites (tertiary alicyclic amines) is 1. The third-order valence-corrected chi connectivity index (χ3v) is 4.49. The van der Waals surface area contributed by atoms with Gasteiger partial charge in [-0.3, -0.25) is 4.79 Å². The van der Waals surface area contributed by atoms with Crippen LogP contribution in [-0.2, 0) is 0 Å². The van der Waals surface area contributed by atoms with Crippen LogP contribution in [-0.4, -0.2) is 28.9 Å². The summed E-state index contributed by atoms with van der Waals surface area (Å²) in [5.74, 6) is -0.203. The van der Waals surface area contributed by atoms with Crippen LogP contribution in [0, 0.1) is 5.82 Å². The molecule has 0 N–H and O–H groups in total. The van der Waals surface area contributed by atoms with Gasteiger partial charge in [-0.15, -0.1) is 11.3 Å². The Morgan fingerprint density at radius 1 is 1.15 bits per heavy atom. The van der Waals surface area contributed by atoms with Crippen LogP contribution >= 0.6 is 11.3 Å². The first kappa shape index (κ1) is 13.2. The van der Waals surface area contributed by atoms with E-state index in [1.165, 1.54) is 29.9 Å². The summed E-state index contributed by atoms with van der Waals surface area (Å²) in [5, 5.41) is 0.755. The summed E-state index contributed by atoms with van der Waals surface area (Å²) in [6.45, 7) is 1.67. The smallest absolute Gasteiger partial charge is 0.265 e. The molecule has 0 radical (unpaired) electrons. The number of halogens is 1. The maximum atomic E-state index is 12.9. The molecule has 1 aromatic heterocycles. The van der Waals surface area contributed by atoms with Gasteiger partial charge in [0.1, 0.15) is 15.7 Å². The van der Waals surface area contributed by atoms with Crippen molar-refractivity contribution >= 4 is 17.2 Å². The first-order valence-electron chi connectivity index (χ1n) is 6.75. The largest absolute Gasteiger partial charge is 0.338 e. The number of hydrogen-bond donors (Lipinski definition) is 0. The molecule has 0 bridgehead atoms. The zero-order chi connectivity index (χ0) is 13.9. The van der Waals surface area contributed by atoms with E-state index in [4.69, 9.17) is 0 Å². The van der Waals surface area contributed by atoms with Crippen molar-refractivity contribution < 1.29 is 9.18 Å². The number of amides is 1. The highest BCUT2D eigenvalue weighted by atomic mass is 32.1. The van der Waals surface area contributed by atoms with Gasteiger partial charge in [0.25, 0.3) is 5.91 Å². The Morgan fingerprint density at radius 3 is 2.55 bits per heavy atom. The number of piperidine rings is 1. The number of rotatable bonds is 2. The number of benzene rings is 1. The quantitative estimate of drug-likeness (QED) is 0.847. The summed E-state index contributed by atoms with van der Waals surface area (Å²) in [5.41, 5.74) is 0.842. The fraction of sp³-hybridized carbons (Fsp3) is 0.333. The van der Waals surface area contributed by atoms with Crippen LogP contribution < -0.4 is 0 Å². The van der Waals surface area contributed by atoms with E-state index >= 15 is 0 Å². The van der Waals surface area contributed by atoms with Gasteiger partial charge in [-0.25, -0.2) is 9.37 Å². The number of carbonyl (C=O) groups is 1. The summed E-state index contributed by atoms with van der Waals surface area (Å²) in [4.78, 5) is 19.2. The van der Waals surface area contributed by atoms with Crippen molar-refractivity contribution in [2.75, 3.05) is 13.1 Å². The van der Waals surface area contributed by atoms with Crippen molar-refractivity contribution in [1.82, 2.24) is 9.88 Å². The molecule has 1 aliphatic heterocycles. The van der Waals surface area contributed by atoms with Crippen molar-refractivity contribution in [1.29, 1.82) is 0 Å². The molecule has 2 heterocycles. The van der Waals surface area contributed by atoms with Gasteiger partial charge in [0.15, 0.2) is 0 Å². The lowest BCUT2D eigenvalue weighted by molar-refractivity contribution is 0.0729. The Bertz CT molecular complexity index is 603. The third-order valence-electron chi connectivity index (χ3n) is 3.45. The highest BCUT2D eigenvalue weighted by Crippen LogP contribution is 2.26. The molecular weight excluding hydrogens is 275 g/mol. The van der Waals surface area contributed by atoms with Gasteiger partial charge in [-0.2, -0.15) is 0 Å². The lowest BCUT2D eigenvalue weighted by Crippen LogP contribution is -2.35. The van der Waals surface area contributed by atoms with Gasteiger partial charge >= 0.3 is 0 Å². The molecule has 1 saturated heterocycles. The second kappa shape index (κ2) is 5.71. The zero-order valence-corrected chi connectivity index (χ0v) is 11.8. The van der Waals surface area contributed by atoms with Crippen molar-refractivity contribution in [3.05, 3.63) is 41.2 Å². The van der Waals surface area contributed by atoms with Gasteiger partial charge in [0.05, 0.1) is 6.20 Å². The molecule has 20 heavy (non-hydrogen) atoms. The minimum Gasteiger partial charge on any atom is -0.338 e. The Labute approximate surface area is 121 Å². The molecule has 104 valence electrons. The number of hydrogen-bond acceptors (Lipinski definition) is 3. The van der Waals surface area contributed by atoms with Gasteiger partial charge in [0.2, 0.25) is 0 Å². The van der Waals surface area contributed by atoms with Crippen LogP contribution in [0.25, 0.3) is 10.6 Å². The summed E-state index contributed by atoms with van der Waals surface area (Å²) in [6.07, 6.45) is 4.98. The molecule has 1 fully saturated rings. The van der Waals surface area contributed by atoms with Crippen molar-refractivity contribution in [3.63, 3.8) is 0 Å². The SMILES string of the molecule is O=C(c1cnc(-c2ccc(F)cc2)s1)N1CCCCC1. The number of nitrogens with zero attached hydrogens (tertiary/aromatic N) is 2. The van der Waals surface area contributed by atoms with Crippen LogP contribution in [0.2, 0.25) is 0 Å². The number of thiazole rings is 1. The van der Waals surface area contributed by atoms with Gasteiger partial charge in [-0.1, -0.05) is 0 Å². The second-order valence-electron chi connectivity index (χ2n) is 4.89. The van der Waals surface area contributed by atoms with E-state index in [-0.39, 0.29) is 11.7 Å². The van der Waals surface area contributed by atoms with E-state index in [9.17, 15) is 9.18 Å². The number of carbonyl (C=O) groups excluding carboxylic acids is 1. The monoisotopic (exact) mass is 290 g/mol. The summed E-state index contributed by atoms with van der Waals surface area (Å²) in [6, 6.07) is 6.18. The first-order valence-corrected chi connectivity index (χ1v) is 7.57. The van der Waals surface area contributed by atoms with Gasteiger partial charge in [0, 0.05) is 18.7 Å². The summed E-state index contributed by atoms with van der Waals surface area (Å²) >= 11 is 1.37. The number of aromatic nitrogens is 1. The molecule has 3 rings (SSSR count). The topological polar surface area (TPSA) is 33.2 Å². The van der Waals surface area contributed by atoms with Crippen LogP contribution in [0.1, 0.15) is 28.9 Å². The second-order valence-corrected chi connectivity index (χ2v) is 5.92. The standard InChI is InChI=1S/C15H15FN2OS/c16-12-6-4-11(5-7-12)14-17-10-13(20-14)15(19)18-8-2-1-3-9-18/h4-7,10H,1-3,8-9H2. The molecule has 0 aliphatic carbocycles. The first-order chi connectivity index (χ1) is 9.74. The van der Waals surface area contributed by atoms with Crippen LogP contribution in [0.5, 0.6) is 0 Å². The Kier molecular flexibility index (Phi) is 3.78. The van der Waals surface area contributed by atoms with Crippen LogP contribution in [0.4, 0.5) is 4.39 Å². The van der Waals surface area contributed by atoms with E-state index in [0.717, 1.165) is 36.5 Å². The Hall–Kier alpha value is -1.75. The molecule has 0 spiro atoms. The molecule has 2 aromatic rings. The Balaban J connectivity index is 1.79. The molecule has 0 unspecified atom stereocenters. The molecule has 1 aromatic carbocycles. The molecular formula is C15H15FN2OS. The minimum atomic E-state index is -0.269. The van der Waals surface area contributed by atoms with E-state index in [1.807, 2.05) is 4.90 Å². The lowest BCUT2D eigenvalue weighted by atomic mass is 10.1. The fourth-order valence-electron chi connectivity index (χ4n) is 2.35.